The van der Waals surface area contributed by atoms with Crippen molar-refractivity contribution in [3.8, 4) is 0 Å². The molecule has 1 aromatic rings. The van der Waals surface area contributed by atoms with Crippen molar-refractivity contribution in [1.29, 1.82) is 0 Å². The van der Waals surface area contributed by atoms with E-state index >= 15 is 0 Å². The van der Waals surface area contributed by atoms with Crippen LogP contribution in [0.1, 0.15) is 58.6 Å². The van der Waals surface area contributed by atoms with Crippen molar-refractivity contribution in [3.05, 3.63) is 47.4 Å². The smallest absolute Gasteiger partial charge is 0.175 e. The monoisotopic (exact) mass is 310 g/mol. The fourth-order valence-electron chi connectivity index (χ4n) is 2.45. The van der Waals surface area contributed by atoms with E-state index in [9.17, 15) is 8.42 Å². The van der Waals surface area contributed by atoms with Crippen molar-refractivity contribution in [2.24, 2.45) is 11.8 Å². The first-order valence-electron chi connectivity index (χ1n) is 7.19. The van der Waals surface area contributed by atoms with E-state index in [1.807, 2.05) is 12.1 Å². The molecule has 2 nitrogen and oxygen atoms in total. The van der Waals surface area contributed by atoms with Gasteiger partial charge >= 0.3 is 0 Å². The molecule has 1 aromatic carbocycles. The van der Waals surface area contributed by atoms with Gasteiger partial charge in [-0.05, 0) is 35.3 Å². The Kier molecular flexibility index (Phi) is 7.94. The summed E-state index contributed by atoms with van der Waals surface area (Å²) in [5.74, 6) is 1.80. The average molecular weight is 311 g/mol. The number of sulfone groups is 1. The van der Waals surface area contributed by atoms with Crippen LogP contribution in [0.4, 0.5) is 0 Å². The Hall–Kier alpha value is -1.09. The molecule has 0 spiro atoms. The highest BCUT2D eigenvalue weighted by Crippen LogP contribution is 2.31. The molecular weight excluding hydrogens is 280 g/mol. The van der Waals surface area contributed by atoms with Gasteiger partial charge in [0.1, 0.15) is 0 Å². The van der Waals surface area contributed by atoms with Crippen molar-refractivity contribution in [3.63, 3.8) is 0 Å². The van der Waals surface area contributed by atoms with Crippen LogP contribution >= 0.6 is 0 Å². The third kappa shape index (κ3) is 6.47. The molecule has 0 fully saturated rings. The Labute approximate surface area is 131 Å². The van der Waals surface area contributed by atoms with Gasteiger partial charge in [0.25, 0.3) is 0 Å². The molecule has 0 bridgehead atoms. The predicted octanol–water partition coefficient (Wildman–Crippen LogP) is 5.17. The van der Waals surface area contributed by atoms with E-state index in [4.69, 9.17) is 0 Å². The normalized spacial score (nSPS) is 13.0. The molecule has 0 aliphatic carbocycles. The molecule has 0 heterocycles. The molecule has 0 aliphatic heterocycles. The molecule has 0 amide bonds. The first kappa shape index (κ1) is 19.9. The van der Waals surface area contributed by atoms with E-state index < -0.39 is 9.84 Å². The Bertz CT molecular complexity index is 525. The van der Waals surface area contributed by atoms with Crippen LogP contribution in [0.3, 0.4) is 0 Å². The average Bonchev–Trinajstić information content (AvgIpc) is 2.36. The minimum atomic E-state index is -3.18. The van der Waals surface area contributed by atoms with Crippen LogP contribution < -0.4 is 0 Å². The van der Waals surface area contributed by atoms with Gasteiger partial charge in [-0.25, -0.2) is 8.42 Å². The molecule has 0 aromatic heterocycles. The number of rotatable bonds is 7. The van der Waals surface area contributed by atoms with Gasteiger partial charge in [0.15, 0.2) is 9.84 Å². The molecule has 1 unspecified atom stereocenters. The van der Waals surface area contributed by atoms with Crippen LogP contribution in [0.15, 0.2) is 36.3 Å². The quantitative estimate of drug-likeness (QED) is 0.696. The molecule has 21 heavy (non-hydrogen) atoms. The Morgan fingerprint density at radius 3 is 2.00 bits per heavy atom. The molecule has 3 heteroatoms. The zero-order chi connectivity index (χ0) is 15.3. The lowest BCUT2D eigenvalue weighted by Gasteiger charge is -2.23. The fourth-order valence-corrected chi connectivity index (χ4v) is 3.23. The Balaban J connectivity index is 0.00000400. The highest BCUT2D eigenvalue weighted by molar-refractivity contribution is 7.93. The maximum absolute atomic E-state index is 11.5. The molecule has 0 saturated heterocycles. The second-order valence-corrected chi connectivity index (χ2v) is 8.14. The van der Waals surface area contributed by atoms with Crippen LogP contribution in [-0.4, -0.2) is 8.42 Å². The molecule has 1 rings (SSSR count). The summed E-state index contributed by atoms with van der Waals surface area (Å²) in [6, 6.07) is 7.99. The van der Waals surface area contributed by atoms with Gasteiger partial charge in [0, 0.05) is 5.41 Å². The van der Waals surface area contributed by atoms with Crippen molar-refractivity contribution >= 4 is 9.84 Å². The zero-order valence-electron chi connectivity index (χ0n) is 13.0. The van der Waals surface area contributed by atoms with Gasteiger partial charge in [-0.3, -0.25) is 0 Å². The number of hydrogen-bond acceptors (Lipinski definition) is 2. The molecule has 0 aliphatic rings. The topological polar surface area (TPSA) is 34.1 Å². The van der Waals surface area contributed by atoms with Crippen molar-refractivity contribution in [1.82, 2.24) is 0 Å². The summed E-state index contributed by atoms with van der Waals surface area (Å²) in [7, 11) is -3.18. The van der Waals surface area contributed by atoms with Crippen molar-refractivity contribution < 1.29 is 8.42 Å². The summed E-state index contributed by atoms with van der Waals surface area (Å²) in [6.45, 7) is 12.3. The van der Waals surface area contributed by atoms with E-state index in [1.54, 1.807) is 0 Å². The predicted molar refractivity (Wildman–Crippen MR) is 93.0 cm³/mol. The highest BCUT2D eigenvalue weighted by Gasteiger charge is 2.17. The largest absolute Gasteiger partial charge is 0.224 e. The van der Waals surface area contributed by atoms with E-state index in [1.165, 1.54) is 5.56 Å². The molecule has 1 atom stereocenters. The minimum absolute atomic E-state index is 0. The third-order valence-corrected chi connectivity index (χ3v) is 4.80. The summed E-state index contributed by atoms with van der Waals surface area (Å²) in [5, 5.41) is 1.02. The van der Waals surface area contributed by atoms with Gasteiger partial charge in [-0.2, -0.15) is 0 Å². The Morgan fingerprint density at radius 2 is 1.62 bits per heavy atom. The van der Waals surface area contributed by atoms with Gasteiger partial charge in [0.05, 0.1) is 5.75 Å². The molecule has 0 saturated carbocycles. The highest BCUT2D eigenvalue weighted by atomic mass is 32.2. The van der Waals surface area contributed by atoms with E-state index in [0.717, 1.165) is 17.4 Å². The molecule has 0 N–H and O–H groups in total. The lowest BCUT2D eigenvalue weighted by molar-refractivity contribution is 0.408. The maximum atomic E-state index is 11.5. The van der Waals surface area contributed by atoms with E-state index in [2.05, 4.69) is 46.4 Å². The van der Waals surface area contributed by atoms with Crippen LogP contribution in [0.5, 0.6) is 0 Å². The standard InChI is InChI=1S/C17H26O2S.CH4/c1-6-20(18,19)12-15-7-9-16(10-8-15)17(14(4)5)11-13(2)3;/h6-10,13-14,17H,1,11-12H2,2-5H3;1H4. The first-order chi connectivity index (χ1) is 9.25. The zero-order valence-corrected chi connectivity index (χ0v) is 13.8. The molecular formula is C18H30O2S. The lowest BCUT2D eigenvalue weighted by Crippen LogP contribution is -2.10. The van der Waals surface area contributed by atoms with Crippen LogP contribution in [0, 0.1) is 11.8 Å². The fraction of sp³-hybridized carbons (Fsp3) is 0.556. The van der Waals surface area contributed by atoms with Crippen LogP contribution in [0.25, 0.3) is 0 Å². The first-order valence-corrected chi connectivity index (χ1v) is 8.90. The summed E-state index contributed by atoms with van der Waals surface area (Å²) in [6.07, 6.45) is 1.15. The summed E-state index contributed by atoms with van der Waals surface area (Å²) in [4.78, 5) is 0. The summed E-state index contributed by atoms with van der Waals surface area (Å²) in [5.41, 5.74) is 2.12. The lowest BCUT2D eigenvalue weighted by atomic mass is 9.82. The third-order valence-electron chi connectivity index (χ3n) is 3.56. The maximum Gasteiger partial charge on any atom is 0.175 e. The van der Waals surface area contributed by atoms with Gasteiger partial charge in [-0.1, -0.05) is 66.0 Å². The van der Waals surface area contributed by atoms with Crippen molar-refractivity contribution in [2.75, 3.05) is 0 Å². The van der Waals surface area contributed by atoms with Crippen molar-refractivity contribution in [2.45, 2.75) is 53.2 Å². The Morgan fingerprint density at radius 1 is 1.10 bits per heavy atom. The van der Waals surface area contributed by atoms with E-state index in [0.29, 0.717) is 17.8 Å². The SMILES string of the molecule is C.C=CS(=O)(=O)Cc1ccc(C(CC(C)C)C(C)C)cc1. The molecule has 120 valence electrons. The van der Waals surface area contributed by atoms with Gasteiger partial charge < -0.3 is 0 Å². The van der Waals surface area contributed by atoms with Gasteiger partial charge in [-0.15, -0.1) is 0 Å². The second-order valence-electron chi connectivity index (χ2n) is 6.20. The van der Waals surface area contributed by atoms with Crippen LogP contribution in [-0.2, 0) is 15.6 Å². The number of hydrogen-bond donors (Lipinski definition) is 0. The minimum Gasteiger partial charge on any atom is -0.224 e. The molecule has 0 radical (unpaired) electrons. The summed E-state index contributed by atoms with van der Waals surface area (Å²) >= 11 is 0. The summed E-state index contributed by atoms with van der Waals surface area (Å²) < 4.78 is 23.0. The van der Waals surface area contributed by atoms with Crippen LogP contribution in [0.2, 0.25) is 0 Å². The van der Waals surface area contributed by atoms with Gasteiger partial charge in [0.2, 0.25) is 0 Å². The van der Waals surface area contributed by atoms with E-state index in [-0.39, 0.29) is 13.2 Å². The number of benzene rings is 1. The second kappa shape index (κ2) is 8.38.